The third-order valence-corrected chi connectivity index (χ3v) is 4.98. The molecule has 0 radical (unpaired) electrons. The van der Waals surface area contributed by atoms with Gasteiger partial charge in [0.2, 0.25) is 0 Å². The van der Waals surface area contributed by atoms with Gasteiger partial charge in [0.15, 0.2) is 5.11 Å². The zero-order valence-electron chi connectivity index (χ0n) is 12.5. The van der Waals surface area contributed by atoms with Crippen molar-refractivity contribution in [1.82, 2.24) is 14.8 Å². The Kier molecular flexibility index (Phi) is 4.29. The minimum atomic E-state index is 0.138. The quantitative estimate of drug-likeness (QED) is 0.684. The molecule has 3 heterocycles. The van der Waals surface area contributed by atoms with Crippen LogP contribution in [0, 0.1) is 5.92 Å². The molecular weight excluding hydrogens is 282 g/mol. The maximum atomic E-state index is 12.0. The van der Waals surface area contributed by atoms with Crippen molar-refractivity contribution in [3.63, 3.8) is 0 Å². The summed E-state index contributed by atoms with van der Waals surface area (Å²) < 4.78 is 1.96. The Balaban J connectivity index is 1.73. The van der Waals surface area contributed by atoms with E-state index in [4.69, 9.17) is 12.2 Å². The van der Waals surface area contributed by atoms with Gasteiger partial charge in [-0.1, -0.05) is 19.4 Å². The molecule has 0 aliphatic carbocycles. The number of unbranched alkanes of at least 4 members (excludes halogenated alkanes) is 1. The van der Waals surface area contributed by atoms with Crippen LogP contribution < -0.4 is 10.9 Å². The smallest absolute Gasteiger partial charge is 0.250 e. The maximum Gasteiger partial charge on any atom is 0.250 e. The summed E-state index contributed by atoms with van der Waals surface area (Å²) in [4.78, 5) is 14.3. The molecule has 5 heteroatoms. The van der Waals surface area contributed by atoms with E-state index in [1.54, 1.807) is 6.07 Å². The monoisotopic (exact) mass is 305 g/mol. The molecule has 2 bridgehead atoms. The van der Waals surface area contributed by atoms with E-state index in [1.807, 2.05) is 10.6 Å². The number of aromatic nitrogens is 1. The SMILES string of the molecule is CCCCNC(=S)N1C[C@H]2C[C@@H](C1)c1cccc(=O)n1C2. The van der Waals surface area contributed by atoms with Crippen molar-refractivity contribution in [3.05, 3.63) is 34.2 Å². The number of rotatable bonds is 3. The van der Waals surface area contributed by atoms with Crippen molar-refractivity contribution in [2.75, 3.05) is 19.6 Å². The average Bonchev–Trinajstić information content (AvgIpc) is 2.48. The predicted octanol–water partition coefficient (Wildman–Crippen LogP) is 1.94. The molecule has 21 heavy (non-hydrogen) atoms. The van der Waals surface area contributed by atoms with Gasteiger partial charge in [-0.05, 0) is 37.0 Å². The van der Waals surface area contributed by atoms with E-state index >= 15 is 0 Å². The molecule has 1 fully saturated rings. The third kappa shape index (κ3) is 2.98. The summed E-state index contributed by atoms with van der Waals surface area (Å²) in [5.74, 6) is 0.958. The van der Waals surface area contributed by atoms with Crippen molar-refractivity contribution < 1.29 is 0 Å². The number of nitrogens with one attached hydrogen (secondary N) is 1. The molecule has 1 N–H and O–H groups in total. The van der Waals surface area contributed by atoms with Crippen molar-refractivity contribution in [2.45, 2.75) is 38.6 Å². The molecule has 1 aromatic rings. The molecule has 0 spiro atoms. The lowest BCUT2D eigenvalue weighted by molar-refractivity contribution is 0.177. The fraction of sp³-hybridized carbons (Fsp3) is 0.625. The maximum absolute atomic E-state index is 12.0. The zero-order chi connectivity index (χ0) is 14.8. The van der Waals surface area contributed by atoms with Gasteiger partial charge in [0.1, 0.15) is 0 Å². The van der Waals surface area contributed by atoms with Crippen molar-refractivity contribution in [3.8, 4) is 0 Å². The van der Waals surface area contributed by atoms with Crippen molar-refractivity contribution >= 4 is 17.3 Å². The summed E-state index contributed by atoms with van der Waals surface area (Å²) in [6.07, 6.45) is 3.51. The molecule has 2 atom stereocenters. The first-order chi connectivity index (χ1) is 10.2. The van der Waals surface area contributed by atoms with Gasteiger partial charge in [-0.25, -0.2) is 0 Å². The predicted molar refractivity (Wildman–Crippen MR) is 88.6 cm³/mol. The number of nitrogens with zero attached hydrogens (tertiary/aromatic N) is 2. The Hall–Kier alpha value is -1.36. The van der Waals surface area contributed by atoms with Crippen LogP contribution in [-0.4, -0.2) is 34.2 Å². The first-order valence-corrected chi connectivity index (χ1v) is 8.32. The molecule has 1 saturated heterocycles. The van der Waals surface area contributed by atoms with Gasteiger partial charge in [0, 0.05) is 43.9 Å². The van der Waals surface area contributed by atoms with Gasteiger partial charge in [-0.3, -0.25) is 4.79 Å². The lowest BCUT2D eigenvalue weighted by Crippen LogP contribution is -2.51. The molecule has 1 aromatic heterocycles. The lowest BCUT2D eigenvalue weighted by Gasteiger charge is -2.43. The van der Waals surface area contributed by atoms with Crippen LogP contribution >= 0.6 is 12.2 Å². The van der Waals surface area contributed by atoms with Crippen LogP contribution in [0.5, 0.6) is 0 Å². The number of hydrogen-bond acceptors (Lipinski definition) is 2. The Labute approximate surface area is 131 Å². The van der Waals surface area contributed by atoms with E-state index in [2.05, 4.69) is 23.2 Å². The van der Waals surface area contributed by atoms with Crippen LogP contribution in [0.3, 0.4) is 0 Å². The minimum Gasteiger partial charge on any atom is -0.363 e. The highest BCUT2D eigenvalue weighted by atomic mass is 32.1. The van der Waals surface area contributed by atoms with E-state index in [0.29, 0.717) is 11.8 Å². The number of fused-ring (bicyclic) bond motifs is 4. The molecule has 2 aliphatic rings. The highest BCUT2D eigenvalue weighted by Gasteiger charge is 2.35. The highest BCUT2D eigenvalue weighted by Crippen LogP contribution is 2.34. The number of pyridine rings is 1. The minimum absolute atomic E-state index is 0.138. The van der Waals surface area contributed by atoms with E-state index in [9.17, 15) is 4.79 Å². The van der Waals surface area contributed by atoms with Gasteiger partial charge in [-0.2, -0.15) is 0 Å². The largest absolute Gasteiger partial charge is 0.363 e. The highest BCUT2D eigenvalue weighted by molar-refractivity contribution is 7.80. The van der Waals surface area contributed by atoms with Crippen molar-refractivity contribution in [2.24, 2.45) is 5.92 Å². The number of piperidine rings is 1. The van der Waals surface area contributed by atoms with Gasteiger partial charge in [0.05, 0.1) is 0 Å². The Morgan fingerprint density at radius 3 is 3.05 bits per heavy atom. The number of hydrogen-bond donors (Lipinski definition) is 1. The second-order valence-electron chi connectivity index (χ2n) is 6.19. The molecule has 0 amide bonds. The van der Waals surface area contributed by atoms with E-state index in [1.165, 1.54) is 18.5 Å². The number of likely N-dealkylation sites (tertiary alicyclic amines) is 1. The standard InChI is InChI=1S/C16H23N3OS/c1-2-3-7-17-16(21)18-9-12-8-13(11-18)14-5-4-6-15(20)19(14)10-12/h4-6,12-13H,2-3,7-11H2,1H3,(H,17,21)/t12-,13+/m1/s1. The van der Waals surface area contributed by atoms with Crippen LogP contribution in [0.15, 0.2) is 23.0 Å². The molecule has 0 saturated carbocycles. The second-order valence-corrected chi connectivity index (χ2v) is 6.58. The van der Waals surface area contributed by atoms with Crippen molar-refractivity contribution in [1.29, 1.82) is 0 Å². The molecule has 4 nitrogen and oxygen atoms in total. The summed E-state index contributed by atoms with van der Waals surface area (Å²) in [6, 6.07) is 5.64. The van der Waals surface area contributed by atoms with Crippen LogP contribution in [0.4, 0.5) is 0 Å². The van der Waals surface area contributed by atoms with E-state index < -0.39 is 0 Å². The molecule has 114 valence electrons. The van der Waals surface area contributed by atoms with Crippen LogP contribution in [-0.2, 0) is 6.54 Å². The summed E-state index contributed by atoms with van der Waals surface area (Å²) >= 11 is 5.54. The summed E-state index contributed by atoms with van der Waals surface area (Å²) in [5, 5.41) is 4.25. The molecule has 3 rings (SSSR count). The van der Waals surface area contributed by atoms with E-state index in [0.717, 1.165) is 37.7 Å². The first kappa shape index (κ1) is 14.6. The molecule has 0 unspecified atom stereocenters. The number of thiocarbonyl (C=S) groups is 1. The fourth-order valence-corrected chi connectivity index (χ4v) is 3.80. The van der Waals surface area contributed by atoms with Crippen LogP contribution in [0.2, 0.25) is 0 Å². The summed E-state index contributed by atoms with van der Waals surface area (Å²) in [5.41, 5.74) is 1.32. The topological polar surface area (TPSA) is 37.3 Å². The average molecular weight is 305 g/mol. The van der Waals surface area contributed by atoms with Crippen LogP contribution in [0.25, 0.3) is 0 Å². The molecule has 2 aliphatic heterocycles. The Bertz CT molecular complexity index is 583. The first-order valence-electron chi connectivity index (χ1n) is 7.91. The van der Waals surface area contributed by atoms with Gasteiger partial charge in [0.25, 0.3) is 5.56 Å². The van der Waals surface area contributed by atoms with Gasteiger partial charge in [-0.15, -0.1) is 0 Å². The van der Waals surface area contributed by atoms with Gasteiger partial charge < -0.3 is 14.8 Å². The normalized spacial score (nSPS) is 23.6. The lowest BCUT2D eigenvalue weighted by atomic mass is 9.83. The fourth-order valence-electron chi connectivity index (χ4n) is 3.55. The summed E-state index contributed by atoms with van der Waals surface area (Å²) in [7, 11) is 0. The summed E-state index contributed by atoms with van der Waals surface area (Å²) in [6.45, 7) is 5.87. The van der Waals surface area contributed by atoms with E-state index in [-0.39, 0.29) is 5.56 Å². The Morgan fingerprint density at radius 1 is 1.38 bits per heavy atom. The molecular formula is C16H23N3OS. The zero-order valence-corrected chi connectivity index (χ0v) is 13.4. The third-order valence-electron chi connectivity index (χ3n) is 4.57. The second kappa shape index (κ2) is 6.18. The van der Waals surface area contributed by atoms with Gasteiger partial charge >= 0.3 is 0 Å². The van der Waals surface area contributed by atoms with Crippen LogP contribution in [0.1, 0.15) is 37.8 Å². The Morgan fingerprint density at radius 2 is 2.24 bits per heavy atom. The molecule has 0 aromatic carbocycles.